The standard InChI is InChI=1S/C13H21N3O.HI/c1-10(2)16-13(14)15-8-9-17-12-6-4-11(3)5-7-12;/h4-7,10H,8-9H2,1-3H3,(H3,14,15,16);1H. The molecule has 1 aromatic carbocycles. The minimum Gasteiger partial charge on any atom is -0.492 e. The summed E-state index contributed by atoms with van der Waals surface area (Å²) in [6.45, 7) is 7.17. The van der Waals surface area contributed by atoms with Gasteiger partial charge in [-0.2, -0.15) is 0 Å². The number of hydrogen-bond donors (Lipinski definition) is 2. The van der Waals surface area contributed by atoms with E-state index in [1.807, 2.05) is 45.0 Å². The van der Waals surface area contributed by atoms with Gasteiger partial charge in [0.2, 0.25) is 0 Å². The van der Waals surface area contributed by atoms with Gasteiger partial charge in [-0.05, 0) is 32.9 Å². The van der Waals surface area contributed by atoms with Crippen LogP contribution in [0.3, 0.4) is 0 Å². The van der Waals surface area contributed by atoms with Crippen LogP contribution in [0.5, 0.6) is 5.75 Å². The van der Waals surface area contributed by atoms with Crippen molar-refractivity contribution in [3.8, 4) is 5.75 Å². The van der Waals surface area contributed by atoms with Crippen molar-refractivity contribution in [3.63, 3.8) is 0 Å². The number of nitrogens with one attached hydrogen (secondary N) is 1. The van der Waals surface area contributed by atoms with E-state index in [1.165, 1.54) is 5.56 Å². The second-order valence-electron chi connectivity index (χ2n) is 4.23. The zero-order valence-corrected chi connectivity index (χ0v) is 13.5. The largest absolute Gasteiger partial charge is 0.492 e. The Morgan fingerprint density at radius 3 is 2.50 bits per heavy atom. The van der Waals surface area contributed by atoms with Gasteiger partial charge in [0, 0.05) is 6.04 Å². The summed E-state index contributed by atoms with van der Waals surface area (Å²) in [5, 5.41) is 3.02. The molecule has 0 radical (unpaired) electrons. The van der Waals surface area contributed by atoms with Crippen molar-refractivity contribution in [1.82, 2.24) is 5.32 Å². The molecule has 0 saturated heterocycles. The van der Waals surface area contributed by atoms with Gasteiger partial charge < -0.3 is 15.8 Å². The molecule has 0 aliphatic carbocycles. The van der Waals surface area contributed by atoms with Crippen molar-refractivity contribution in [2.24, 2.45) is 10.7 Å². The summed E-state index contributed by atoms with van der Waals surface area (Å²) in [5.41, 5.74) is 6.88. The third kappa shape index (κ3) is 7.37. The Kier molecular flexibility index (Phi) is 8.53. The lowest BCUT2D eigenvalue weighted by Gasteiger charge is -2.09. The minimum absolute atomic E-state index is 0. The number of halogens is 1. The lowest BCUT2D eigenvalue weighted by atomic mass is 10.2. The Morgan fingerprint density at radius 1 is 1.33 bits per heavy atom. The van der Waals surface area contributed by atoms with Crippen molar-refractivity contribution in [1.29, 1.82) is 0 Å². The second kappa shape index (κ2) is 9.02. The van der Waals surface area contributed by atoms with Crippen LogP contribution in [0.25, 0.3) is 0 Å². The number of nitrogens with zero attached hydrogens (tertiary/aromatic N) is 1. The van der Waals surface area contributed by atoms with Gasteiger partial charge in [-0.1, -0.05) is 17.7 Å². The average Bonchev–Trinajstić information content (AvgIpc) is 2.26. The van der Waals surface area contributed by atoms with E-state index in [4.69, 9.17) is 10.5 Å². The van der Waals surface area contributed by atoms with Crippen LogP contribution in [-0.4, -0.2) is 25.2 Å². The maximum Gasteiger partial charge on any atom is 0.188 e. The van der Waals surface area contributed by atoms with Crippen LogP contribution in [0.4, 0.5) is 0 Å². The van der Waals surface area contributed by atoms with Gasteiger partial charge in [0.1, 0.15) is 12.4 Å². The number of nitrogens with two attached hydrogens (primary N) is 1. The Balaban J connectivity index is 0.00000289. The van der Waals surface area contributed by atoms with E-state index in [1.54, 1.807) is 0 Å². The van der Waals surface area contributed by atoms with Crippen LogP contribution < -0.4 is 15.8 Å². The fourth-order valence-corrected chi connectivity index (χ4v) is 1.31. The van der Waals surface area contributed by atoms with Crippen LogP contribution in [0.15, 0.2) is 29.3 Å². The van der Waals surface area contributed by atoms with Gasteiger partial charge in [-0.3, -0.25) is 0 Å². The number of hydrogen-bond acceptors (Lipinski definition) is 2. The molecule has 4 nitrogen and oxygen atoms in total. The molecule has 3 N–H and O–H groups in total. The summed E-state index contributed by atoms with van der Waals surface area (Å²) >= 11 is 0. The molecular formula is C13H22IN3O. The summed E-state index contributed by atoms with van der Waals surface area (Å²) in [6.07, 6.45) is 0. The molecular weight excluding hydrogens is 341 g/mol. The first-order valence-electron chi connectivity index (χ1n) is 5.84. The first-order valence-corrected chi connectivity index (χ1v) is 5.84. The van der Waals surface area contributed by atoms with Gasteiger partial charge in [0.05, 0.1) is 6.54 Å². The van der Waals surface area contributed by atoms with Crippen LogP contribution in [0, 0.1) is 6.92 Å². The SMILES string of the molecule is Cc1ccc(OCCN=C(N)NC(C)C)cc1.I. The van der Waals surface area contributed by atoms with Crippen molar-refractivity contribution in [2.75, 3.05) is 13.2 Å². The van der Waals surface area contributed by atoms with Crippen molar-refractivity contribution in [3.05, 3.63) is 29.8 Å². The van der Waals surface area contributed by atoms with Crippen LogP contribution in [0.2, 0.25) is 0 Å². The Bertz CT molecular complexity index is 363. The fourth-order valence-electron chi connectivity index (χ4n) is 1.31. The van der Waals surface area contributed by atoms with E-state index in [9.17, 15) is 0 Å². The van der Waals surface area contributed by atoms with E-state index >= 15 is 0 Å². The lowest BCUT2D eigenvalue weighted by Crippen LogP contribution is -2.37. The molecule has 0 spiro atoms. The smallest absolute Gasteiger partial charge is 0.188 e. The van der Waals surface area contributed by atoms with Gasteiger partial charge in [0.25, 0.3) is 0 Å². The maximum atomic E-state index is 5.66. The van der Waals surface area contributed by atoms with E-state index in [0.29, 0.717) is 25.2 Å². The average molecular weight is 363 g/mol. The number of aryl methyl sites for hydroxylation is 1. The topological polar surface area (TPSA) is 59.6 Å². The van der Waals surface area contributed by atoms with Crippen molar-refractivity contribution < 1.29 is 4.74 Å². The first-order chi connectivity index (χ1) is 8.08. The molecule has 5 heteroatoms. The van der Waals surface area contributed by atoms with E-state index in [0.717, 1.165) is 5.75 Å². The van der Waals surface area contributed by atoms with E-state index in [-0.39, 0.29) is 24.0 Å². The molecule has 1 rings (SSSR count). The fraction of sp³-hybridized carbons (Fsp3) is 0.462. The summed E-state index contributed by atoms with van der Waals surface area (Å²) in [7, 11) is 0. The Morgan fingerprint density at radius 2 is 1.94 bits per heavy atom. The number of ether oxygens (including phenoxy) is 1. The molecule has 0 aliphatic heterocycles. The normalized spacial score (nSPS) is 11.0. The zero-order chi connectivity index (χ0) is 12.7. The molecule has 0 saturated carbocycles. The van der Waals surface area contributed by atoms with Crippen LogP contribution in [0.1, 0.15) is 19.4 Å². The Labute approximate surface area is 126 Å². The minimum atomic E-state index is 0. The quantitative estimate of drug-likeness (QED) is 0.365. The maximum absolute atomic E-state index is 5.66. The third-order valence-electron chi connectivity index (χ3n) is 2.10. The third-order valence-corrected chi connectivity index (χ3v) is 2.10. The molecule has 0 bridgehead atoms. The molecule has 0 atom stereocenters. The van der Waals surface area contributed by atoms with Crippen molar-refractivity contribution in [2.45, 2.75) is 26.8 Å². The molecule has 0 unspecified atom stereocenters. The molecule has 0 aliphatic rings. The molecule has 0 heterocycles. The molecule has 0 fully saturated rings. The van der Waals surface area contributed by atoms with Gasteiger partial charge in [0.15, 0.2) is 5.96 Å². The lowest BCUT2D eigenvalue weighted by molar-refractivity contribution is 0.328. The summed E-state index contributed by atoms with van der Waals surface area (Å²) < 4.78 is 5.53. The predicted molar refractivity (Wildman–Crippen MR) is 86.9 cm³/mol. The molecule has 0 amide bonds. The molecule has 1 aromatic rings. The van der Waals surface area contributed by atoms with E-state index < -0.39 is 0 Å². The highest BCUT2D eigenvalue weighted by atomic mass is 127. The van der Waals surface area contributed by atoms with E-state index in [2.05, 4.69) is 10.3 Å². The highest BCUT2D eigenvalue weighted by Gasteiger charge is 1.95. The second-order valence-corrected chi connectivity index (χ2v) is 4.23. The van der Waals surface area contributed by atoms with Gasteiger partial charge >= 0.3 is 0 Å². The summed E-state index contributed by atoms with van der Waals surface area (Å²) in [5.74, 6) is 1.33. The molecule has 102 valence electrons. The summed E-state index contributed by atoms with van der Waals surface area (Å²) in [6, 6.07) is 8.25. The number of guanidine groups is 1. The highest BCUT2D eigenvalue weighted by molar-refractivity contribution is 14.0. The summed E-state index contributed by atoms with van der Waals surface area (Å²) in [4.78, 5) is 4.16. The Hall–Kier alpha value is -0.980. The van der Waals surface area contributed by atoms with Gasteiger partial charge in [-0.25, -0.2) is 4.99 Å². The van der Waals surface area contributed by atoms with Crippen molar-refractivity contribution >= 4 is 29.9 Å². The first kappa shape index (κ1) is 17.0. The number of rotatable bonds is 5. The highest BCUT2D eigenvalue weighted by Crippen LogP contribution is 2.10. The predicted octanol–water partition coefficient (Wildman–Crippen LogP) is 2.30. The zero-order valence-electron chi connectivity index (χ0n) is 11.1. The molecule has 0 aromatic heterocycles. The molecule has 18 heavy (non-hydrogen) atoms. The van der Waals surface area contributed by atoms with Crippen LogP contribution >= 0.6 is 24.0 Å². The van der Waals surface area contributed by atoms with Gasteiger partial charge in [-0.15, -0.1) is 24.0 Å². The van der Waals surface area contributed by atoms with Crippen LogP contribution in [-0.2, 0) is 0 Å². The monoisotopic (exact) mass is 363 g/mol. The number of aliphatic imine (C=N–C) groups is 1. The number of benzene rings is 1.